The third kappa shape index (κ3) is 1.97. The lowest BCUT2D eigenvalue weighted by Gasteiger charge is -2.23. The molecule has 4 heteroatoms. The second-order valence-corrected chi connectivity index (χ2v) is 6.17. The van der Waals surface area contributed by atoms with Crippen LogP contribution in [0.15, 0.2) is 6.07 Å². The smallest absolute Gasteiger partial charge is 0.144 e. The van der Waals surface area contributed by atoms with Gasteiger partial charge in [-0.3, -0.25) is 0 Å². The molecule has 2 aliphatic heterocycles. The van der Waals surface area contributed by atoms with E-state index in [1.165, 1.54) is 30.5 Å². The van der Waals surface area contributed by atoms with Crippen LogP contribution in [-0.2, 0) is 17.6 Å². The molecule has 1 aromatic heterocycles. The number of aryl methyl sites for hydroxylation is 2. The highest BCUT2D eigenvalue weighted by Crippen LogP contribution is 2.36. The number of nitrogens with one attached hydrogen (secondary N) is 1. The summed E-state index contributed by atoms with van der Waals surface area (Å²) >= 11 is 0. The van der Waals surface area contributed by atoms with Gasteiger partial charge in [0.2, 0.25) is 0 Å². The fourth-order valence-corrected chi connectivity index (χ4v) is 3.79. The first kappa shape index (κ1) is 12.2. The summed E-state index contributed by atoms with van der Waals surface area (Å²) < 4.78 is 5.87. The minimum absolute atomic E-state index is 0.310. The molecule has 3 aliphatic rings. The van der Waals surface area contributed by atoms with E-state index in [9.17, 15) is 5.26 Å². The van der Waals surface area contributed by atoms with E-state index >= 15 is 0 Å². The van der Waals surface area contributed by atoms with Gasteiger partial charge >= 0.3 is 0 Å². The number of hydrogen-bond donors (Lipinski definition) is 1. The van der Waals surface area contributed by atoms with E-state index in [1.54, 1.807) is 0 Å². The third-order valence-corrected chi connectivity index (χ3v) is 4.85. The molecule has 0 radical (unpaired) electrons. The molecule has 0 unspecified atom stereocenters. The lowest BCUT2D eigenvalue weighted by atomic mass is 9.93. The van der Waals surface area contributed by atoms with Crippen LogP contribution in [0.2, 0.25) is 0 Å². The van der Waals surface area contributed by atoms with Crippen LogP contribution in [-0.4, -0.2) is 23.2 Å². The first-order valence-corrected chi connectivity index (χ1v) is 7.68. The average molecular weight is 269 g/mol. The van der Waals surface area contributed by atoms with Gasteiger partial charge in [-0.05, 0) is 56.6 Å². The van der Waals surface area contributed by atoms with Gasteiger partial charge in [0.1, 0.15) is 11.9 Å². The zero-order valence-electron chi connectivity index (χ0n) is 11.6. The number of anilines is 1. The number of fused-ring (bicyclic) bond motifs is 3. The van der Waals surface area contributed by atoms with Crippen LogP contribution in [0, 0.1) is 11.3 Å². The summed E-state index contributed by atoms with van der Waals surface area (Å²) in [6.07, 6.45) is 8.63. The van der Waals surface area contributed by atoms with E-state index in [4.69, 9.17) is 9.72 Å². The first-order valence-electron chi connectivity index (χ1n) is 7.68. The topological polar surface area (TPSA) is 57.9 Å². The summed E-state index contributed by atoms with van der Waals surface area (Å²) in [5.74, 6) is 0.773. The molecule has 0 spiro atoms. The van der Waals surface area contributed by atoms with Crippen molar-refractivity contribution in [2.75, 3.05) is 5.32 Å². The van der Waals surface area contributed by atoms with Crippen molar-refractivity contribution >= 4 is 5.82 Å². The molecule has 0 saturated carbocycles. The van der Waals surface area contributed by atoms with Crippen molar-refractivity contribution in [3.8, 4) is 6.07 Å². The van der Waals surface area contributed by atoms with Gasteiger partial charge in [-0.2, -0.15) is 5.26 Å². The van der Waals surface area contributed by atoms with E-state index in [0.717, 1.165) is 31.5 Å². The number of nitriles is 1. The molecular formula is C16H19N3O. The zero-order valence-corrected chi connectivity index (χ0v) is 11.6. The van der Waals surface area contributed by atoms with Crippen molar-refractivity contribution in [3.05, 3.63) is 22.9 Å². The molecule has 1 aliphatic carbocycles. The van der Waals surface area contributed by atoms with E-state index in [-0.39, 0.29) is 0 Å². The van der Waals surface area contributed by atoms with E-state index in [1.807, 2.05) is 6.07 Å². The van der Waals surface area contributed by atoms with Gasteiger partial charge in [-0.25, -0.2) is 4.98 Å². The average Bonchev–Trinajstić information content (AvgIpc) is 3.09. The number of hydrogen-bond acceptors (Lipinski definition) is 4. The maximum Gasteiger partial charge on any atom is 0.144 e. The minimum Gasteiger partial charge on any atom is -0.373 e. The van der Waals surface area contributed by atoms with Gasteiger partial charge in [-0.15, -0.1) is 0 Å². The number of ether oxygens (including phenoxy) is 1. The minimum atomic E-state index is 0.310. The first-order chi connectivity index (χ1) is 9.83. The SMILES string of the molecule is N#Cc1cc2c(nc1N[C@@H]1C[C@H]3CC[C@@H]1O3)CCCC2. The molecule has 1 aromatic rings. The Morgan fingerprint density at radius 2 is 2.20 bits per heavy atom. The summed E-state index contributed by atoms with van der Waals surface area (Å²) in [5.41, 5.74) is 3.14. The molecule has 0 aromatic carbocycles. The molecule has 2 saturated heterocycles. The van der Waals surface area contributed by atoms with Gasteiger partial charge in [0.25, 0.3) is 0 Å². The number of aromatic nitrogens is 1. The number of pyridine rings is 1. The monoisotopic (exact) mass is 269 g/mol. The van der Waals surface area contributed by atoms with Crippen molar-refractivity contribution in [3.63, 3.8) is 0 Å². The molecule has 4 nitrogen and oxygen atoms in total. The Morgan fingerprint density at radius 1 is 1.30 bits per heavy atom. The standard InChI is InChI=1S/C16H19N3O/c17-9-11-7-10-3-1-2-4-13(10)18-16(11)19-14-8-12-5-6-15(14)20-12/h7,12,14-15H,1-6,8H2,(H,18,19)/t12-,14-,15+/m1/s1. The van der Waals surface area contributed by atoms with Crippen molar-refractivity contribution in [2.45, 2.75) is 63.2 Å². The molecule has 104 valence electrons. The van der Waals surface area contributed by atoms with Crippen LogP contribution in [0.4, 0.5) is 5.82 Å². The van der Waals surface area contributed by atoms with Gasteiger partial charge < -0.3 is 10.1 Å². The number of rotatable bonds is 2. The molecule has 2 bridgehead atoms. The predicted molar refractivity (Wildman–Crippen MR) is 75.5 cm³/mol. The van der Waals surface area contributed by atoms with Gasteiger partial charge in [-0.1, -0.05) is 0 Å². The van der Waals surface area contributed by atoms with Crippen LogP contribution >= 0.6 is 0 Å². The molecule has 20 heavy (non-hydrogen) atoms. The third-order valence-electron chi connectivity index (χ3n) is 4.85. The van der Waals surface area contributed by atoms with Crippen LogP contribution in [0.5, 0.6) is 0 Å². The van der Waals surface area contributed by atoms with Crippen molar-refractivity contribution in [2.24, 2.45) is 0 Å². The van der Waals surface area contributed by atoms with Crippen molar-refractivity contribution in [1.29, 1.82) is 5.26 Å². The maximum absolute atomic E-state index is 9.36. The van der Waals surface area contributed by atoms with E-state index < -0.39 is 0 Å². The van der Waals surface area contributed by atoms with E-state index in [2.05, 4.69) is 11.4 Å². The quantitative estimate of drug-likeness (QED) is 0.896. The Balaban J connectivity index is 1.62. The van der Waals surface area contributed by atoms with Gasteiger partial charge in [0.15, 0.2) is 0 Å². The van der Waals surface area contributed by atoms with Gasteiger partial charge in [0.05, 0.1) is 23.8 Å². The van der Waals surface area contributed by atoms with Crippen molar-refractivity contribution < 1.29 is 4.74 Å². The Hall–Kier alpha value is -1.60. The largest absolute Gasteiger partial charge is 0.373 e. The Morgan fingerprint density at radius 3 is 2.95 bits per heavy atom. The Bertz CT molecular complexity index is 578. The molecule has 3 atom stereocenters. The molecule has 1 N–H and O–H groups in total. The fraction of sp³-hybridized carbons (Fsp3) is 0.625. The van der Waals surface area contributed by atoms with E-state index in [0.29, 0.717) is 23.8 Å². The highest BCUT2D eigenvalue weighted by molar-refractivity contribution is 5.55. The fourth-order valence-electron chi connectivity index (χ4n) is 3.79. The lowest BCUT2D eigenvalue weighted by Crippen LogP contribution is -2.31. The summed E-state index contributed by atoms with van der Waals surface area (Å²) in [6.45, 7) is 0. The maximum atomic E-state index is 9.36. The zero-order chi connectivity index (χ0) is 13.5. The highest BCUT2D eigenvalue weighted by atomic mass is 16.5. The lowest BCUT2D eigenvalue weighted by molar-refractivity contribution is 0.102. The summed E-state index contributed by atoms with van der Waals surface area (Å²) in [4.78, 5) is 4.74. The summed E-state index contributed by atoms with van der Waals surface area (Å²) in [6, 6.07) is 4.67. The Labute approximate surface area is 119 Å². The summed E-state index contributed by atoms with van der Waals surface area (Å²) in [5, 5.41) is 12.8. The molecule has 4 rings (SSSR count). The van der Waals surface area contributed by atoms with Crippen LogP contribution < -0.4 is 5.32 Å². The molecular weight excluding hydrogens is 250 g/mol. The number of nitrogens with zero attached hydrogens (tertiary/aromatic N) is 2. The second-order valence-electron chi connectivity index (χ2n) is 6.17. The molecule has 0 amide bonds. The molecule has 2 fully saturated rings. The van der Waals surface area contributed by atoms with Crippen LogP contribution in [0.3, 0.4) is 0 Å². The molecule has 3 heterocycles. The highest BCUT2D eigenvalue weighted by Gasteiger charge is 2.41. The van der Waals surface area contributed by atoms with Gasteiger partial charge in [0, 0.05) is 5.69 Å². The van der Waals surface area contributed by atoms with Crippen LogP contribution in [0.1, 0.15) is 48.9 Å². The normalized spacial score (nSPS) is 30.9. The van der Waals surface area contributed by atoms with Crippen molar-refractivity contribution in [1.82, 2.24) is 4.98 Å². The Kier molecular flexibility index (Phi) is 2.89. The summed E-state index contributed by atoms with van der Waals surface area (Å²) in [7, 11) is 0. The van der Waals surface area contributed by atoms with Crippen LogP contribution in [0.25, 0.3) is 0 Å². The second kappa shape index (κ2) is 4.75. The predicted octanol–water partition coefficient (Wildman–Crippen LogP) is 2.56.